The number of pyridine rings is 1. The molecule has 4 aromatic rings. The van der Waals surface area contributed by atoms with Gasteiger partial charge in [0.2, 0.25) is 5.91 Å². The summed E-state index contributed by atoms with van der Waals surface area (Å²) in [5, 5.41) is 17.6. The van der Waals surface area contributed by atoms with Crippen molar-refractivity contribution in [2.45, 2.75) is 26.3 Å². The molecule has 11 heteroatoms. The molecule has 2 N–H and O–H groups in total. The molecule has 1 aliphatic rings. The average Bonchev–Trinajstić information content (AvgIpc) is 3.59. The van der Waals surface area contributed by atoms with E-state index in [2.05, 4.69) is 20.3 Å². The van der Waals surface area contributed by atoms with Gasteiger partial charge in [-0.2, -0.15) is 0 Å². The van der Waals surface area contributed by atoms with Gasteiger partial charge in [0, 0.05) is 54.6 Å². The number of ether oxygens (including phenoxy) is 1. The molecule has 0 saturated carbocycles. The molecule has 0 spiro atoms. The highest BCUT2D eigenvalue weighted by atomic mass is 19.1. The van der Waals surface area contributed by atoms with Gasteiger partial charge in [0.25, 0.3) is 0 Å². The number of carboxylic acid groups (broad SMARTS) is 1. The summed E-state index contributed by atoms with van der Waals surface area (Å²) in [6.45, 7) is 3.43. The summed E-state index contributed by atoms with van der Waals surface area (Å²) in [6.07, 6.45) is 9.19. The van der Waals surface area contributed by atoms with Gasteiger partial charge in [-0.05, 0) is 42.7 Å². The van der Waals surface area contributed by atoms with Crippen molar-refractivity contribution in [2.75, 3.05) is 19.7 Å². The molecule has 10 nitrogen and oxygen atoms in total. The molecular weight excluding hydrogens is 479 g/mol. The van der Waals surface area contributed by atoms with Gasteiger partial charge in [0.1, 0.15) is 11.4 Å². The van der Waals surface area contributed by atoms with Crippen LogP contribution in [0.4, 0.5) is 4.39 Å². The molecule has 0 unspecified atom stereocenters. The van der Waals surface area contributed by atoms with Crippen molar-refractivity contribution in [2.24, 2.45) is 0 Å². The number of hydrogen-bond acceptors (Lipinski definition) is 6. The minimum atomic E-state index is -1.19. The van der Waals surface area contributed by atoms with Gasteiger partial charge < -0.3 is 19.7 Å². The Morgan fingerprint density at radius 1 is 1.22 bits per heavy atom. The number of carbonyl (C=O) groups is 2. The van der Waals surface area contributed by atoms with Crippen molar-refractivity contribution in [1.29, 1.82) is 0 Å². The van der Waals surface area contributed by atoms with Crippen LogP contribution in [0.1, 0.15) is 35.8 Å². The van der Waals surface area contributed by atoms with Gasteiger partial charge in [-0.25, -0.2) is 9.18 Å². The molecule has 5 rings (SSSR count). The summed E-state index contributed by atoms with van der Waals surface area (Å²) in [5.74, 6) is -1.28. The fraction of sp³-hybridized carbons (Fsp3) is 0.269. The number of benzene rings is 1. The van der Waals surface area contributed by atoms with E-state index >= 15 is 4.39 Å². The molecule has 0 atom stereocenters. The second-order valence-corrected chi connectivity index (χ2v) is 8.62. The van der Waals surface area contributed by atoms with E-state index in [1.807, 2.05) is 13.0 Å². The first kappa shape index (κ1) is 24.2. The summed E-state index contributed by atoms with van der Waals surface area (Å²) in [7, 11) is 0. The number of aromatic carboxylic acids is 1. The molecule has 1 amide bonds. The molecule has 1 aromatic carbocycles. The Balaban J connectivity index is 1.54. The number of carbonyl (C=O) groups excluding carboxylic acids is 1. The van der Waals surface area contributed by atoms with E-state index in [4.69, 9.17) is 4.74 Å². The summed E-state index contributed by atoms with van der Waals surface area (Å²) in [4.78, 5) is 33.2. The van der Waals surface area contributed by atoms with E-state index in [9.17, 15) is 14.7 Å². The maximum Gasteiger partial charge on any atom is 0.352 e. The van der Waals surface area contributed by atoms with Crippen LogP contribution in [0.2, 0.25) is 0 Å². The molecule has 0 fully saturated rings. The lowest BCUT2D eigenvalue weighted by atomic mass is 9.93. The van der Waals surface area contributed by atoms with Crippen LogP contribution in [0.25, 0.3) is 27.6 Å². The van der Waals surface area contributed by atoms with Gasteiger partial charge in [-0.3, -0.25) is 14.5 Å². The number of amides is 1. The quantitative estimate of drug-likeness (QED) is 0.374. The first-order valence-electron chi connectivity index (χ1n) is 11.9. The maximum atomic E-state index is 15.9. The van der Waals surface area contributed by atoms with Crippen molar-refractivity contribution < 1.29 is 23.8 Å². The average molecular weight is 505 g/mol. The Bertz CT molecular complexity index is 1490. The Morgan fingerprint density at radius 3 is 2.84 bits per heavy atom. The maximum absolute atomic E-state index is 15.9. The molecule has 0 radical (unpaired) electrons. The molecule has 190 valence electrons. The lowest BCUT2D eigenvalue weighted by Crippen LogP contribution is -2.36. The van der Waals surface area contributed by atoms with Gasteiger partial charge in [0.15, 0.2) is 5.82 Å². The highest BCUT2D eigenvalue weighted by molar-refractivity contribution is 6.03. The van der Waals surface area contributed by atoms with E-state index in [0.29, 0.717) is 59.5 Å². The normalized spacial score (nSPS) is 13.6. The van der Waals surface area contributed by atoms with Gasteiger partial charge in [-0.1, -0.05) is 11.3 Å². The standard InChI is InChI=1S/C26H25FN6O4/c1-2-37-22-5-7-28-14-20(22)18-12-17(24(27)25-19(18)13-21(30-25)26(35)36)16-4-3-9-32(15-16)23(34)6-10-33-11-8-29-31-33/h4-5,7-8,11-14,30H,2-3,6,9-10,15H2,1H3,(H,35,36). The van der Waals surface area contributed by atoms with Crippen LogP contribution >= 0.6 is 0 Å². The summed E-state index contributed by atoms with van der Waals surface area (Å²) in [6, 6.07) is 4.82. The second-order valence-electron chi connectivity index (χ2n) is 8.62. The highest BCUT2D eigenvalue weighted by Gasteiger charge is 2.25. The van der Waals surface area contributed by atoms with Gasteiger partial charge >= 0.3 is 5.97 Å². The number of fused-ring (bicyclic) bond motifs is 1. The molecule has 37 heavy (non-hydrogen) atoms. The third-order valence-corrected chi connectivity index (χ3v) is 6.33. The van der Waals surface area contributed by atoms with Gasteiger partial charge in [0.05, 0.1) is 24.9 Å². The van der Waals surface area contributed by atoms with Crippen LogP contribution in [-0.2, 0) is 11.3 Å². The topological polar surface area (TPSA) is 126 Å². The Morgan fingerprint density at radius 2 is 2.08 bits per heavy atom. The van der Waals surface area contributed by atoms with Crippen LogP contribution in [0, 0.1) is 5.82 Å². The smallest absolute Gasteiger partial charge is 0.352 e. The second kappa shape index (κ2) is 10.2. The fourth-order valence-electron chi connectivity index (χ4n) is 4.57. The number of aryl methyl sites for hydroxylation is 1. The largest absolute Gasteiger partial charge is 0.493 e. The van der Waals surface area contributed by atoms with Crippen molar-refractivity contribution in [3.8, 4) is 16.9 Å². The minimum absolute atomic E-state index is 0.0678. The zero-order chi connectivity index (χ0) is 25.9. The van der Waals surface area contributed by atoms with Gasteiger partial charge in [-0.15, -0.1) is 5.10 Å². The zero-order valence-electron chi connectivity index (χ0n) is 20.1. The van der Waals surface area contributed by atoms with E-state index < -0.39 is 11.8 Å². The number of carboxylic acids is 1. The molecule has 3 aromatic heterocycles. The molecule has 4 heterocycles. The van der Waals surface area contributed by atoms with Crippen molar-refractivity contribution in [3.63, 3.8) is 0 Å². The Kier molecular flexibility index (Phi) is 6.67. The summed E-state index contributed by atoms with van der Waals surface area (Å²) >= 11 is 0. The van der Waals surface area contributed by atoms with Crippen LogP contribution in [0.15, 0.2) is 49.1 Å². The zero-order valence-corrected chi connectivity index (χ0v) is 20.1. The number of H-pyrrole nitrogens is 1. The number of rotatable bonds is 8. The van der Waals surface area contributed by atoms with Crippen LogP contribution < -0.4 is 4.74 Å². The Labute approximate surface area is 211 Å². The lowest BCUT2D eigenvalue weighted by molar-refractivity contribution is -0.131. The third kappa shape index (κ3) is 4.80. The molecule has 0 aliphatic carbocycles. The number of nitrogens with one attached hydrogen (secondary N) is 1. The van der Waals surface area contributed by atoms with Crippen molar-refractivity contribution in [3.05, 3.63) is 66.1 Å². The third-order valence-electron chi connectivity index (χ3n) is 6.33. The molecular formula is C26H25FN6O4. The van der Waals surface area contributed by atoms with E-state index in [-0.39, 0.29) is 30.1 Å². The van der Waals surface area contributed by atoms with Crippen LogP contribution in [0.5, 0.6) is 5.75 Å². The minimum Gasteiger partial charge on any atom is -0.493 e. The number of nitrogens with zero attached hydrogens (tertiary/aromatic N) is 5. The first-order chi connectivity index (χ1) is 18.0. The Hall–Kier alpha value is -4.54. The first-order valence-corrected chi connectivity index (χ1v) is 11.9. The SMILES string of the molecule is CCOc1ccncc1-c1cc(C2=CCCN(C(=O)CCn3ccnn3)C2)c(F)c2[nH]c(C(=O)O)cc12. The van der Waals surface area contributed by atoms with E-state index in [1.54, 1.807) is 46.5 Å². The summed E-state index contributed by atoms with van der Waals surface area (Å²) < 4.78 is 23.3. The summed E-state index contributed by atoms with van der Waals surface area (Å²) in [5.41, 5.74) is 2.09. The van der Waals surface area contributed by atoms with Crippen molar-refractivity contribution in [1.82, 2.24) is 29.9 Å². The lowest BCUT2D eigenvalue weighted by Gasteiger charge is -2.28. The van der Waals surface area contributed by atoms with Crippen LogP contribution in [-0.4, -0.2) is 66.5 Å². The predicted octanol–water partition coefficient (Wildman–Crippen LogP) is 3.76. The highest BCUT2D eigenvalue weighted by Crippen LogP contribution is 2.39. The van der Waals surface area contributed by atoms with E-state index in [1.165, 1.54) is 6.07 Å². The molecule has 1 aliphatic heterocycles. The molecule has 0 saturated heterocycles. The predicted molar refractivity (Wildman–Crippen MR) is 133 cm³/mol. The number of hydrogen-bond donors (Lipinski definition) is 2. The number of halogens is 1. The molecule has 0 bridgehead atoms. The number of aromatic amines is 1. The van der Waals surface area contributed by atoms with Crippen molar-refractivity contribution >= 4 is 28.4 Å². The monoisotopic (exact) mass is 504 g/mol. The number of aromatic nitrogens is 5. The fourth-order valence-corrected chi connectivity index (χ4v) is 4.57. The van der Waals surface area contributed by atoms with E-state index in [0.717, 1.165) is 0 Å². The van der Waals surface area contributed by atoms with Crippen LogP contribution in [0.3, 0.4) is 0 Å².